The molecule has 0 radical (unpaired) electrons. The average Bonchev–Trinajstić information content (AvgIpc) is 2.39. The molecule has 1 unspecified atom stereocenters. The van der Waals surface area contributed by atoms with Crippen LogP contribution in [0.2, 0.25) is 0 Å². The van der Waals surface area contributed by atoms with E-state index >= 15 is 0 Å². The van der Waals surface area contributed by atoms with Gasteiger partial charge >= 0.3 is 0 Å². The Kier molecular flexibility index (Phi) is 4.18. The number of ketones is 1. The summed E-state index contributed by atoms with van der Waals surface area (Å²) in [5.41, 5.74) is 0.750. The largest absolute Gasteiger partial charge is 0.497 e. The van der Waals surface area contributed by atoms with E-state index < -0.39 is 0 Å². The number of carbonyl (C=O) groups excluding carboxylic acids is 1. The highest BCUT2D eigenvalue weighted by Gasteiger charge is 2.23. The number of nitrogens with one attached hydrogen (secondary N) is 1. The quantitative estimate of drug-likeness (QED) is 0.872. The second-order valence-electron chi connectivity index (χ2n) is 4.25. The number of methoxy groups -OCH3 is 1. The van der Waals surface area contributed by atoms with Crippen LogP contribution in [-0.2, 0) is 0 Å². The maximum atomic E-state index is 12.3. The van der Waals surface area contributed by atoms with Crippen LogP contribution in [0.15, 0.2) is 22.7 Å². The number of carbonyl (C=O) groups is 1. The Balaban J connectivity index is 2.18. The van der Waals surface area contributed by atoms with Crippen LogP contribution in [-0.4, -0.2) is 26.0 Å². The molecule has 0 saturated carbocycles. The number of hydrogen-bond donors (Lipinski definition) is 1. The third kappa shape index (κ3) is 2.87. The fourth-order valence-corrected chi connectivity index (χ4v) is 2.67. The summed E-state index contributed by atoms with van der Waals surface area (Å²) in [7, 11) is 1.62. The maximum Gasteiger partial charge on any atom is 0.168 e. The first-order valence-corrected chi connectivity index (χ1v) is 6.60. The second kappa shape index (κ2) is 5.65. The zero-order valence-corrected chi connectivity index (χ0v) is 11.4. The van der Waals surface area contributed by atoms with E-state index in [9.17, 15) is 4.79 Å². The van der Waals surface area contributed by atoms with Crippen LogP contribution in [0.1, 0.15) is 23.2 Å². The van der Waals surface area contributed by atoms with Gasteiger partial charge in [-0.1, -0.05) is 0 Å². The molecule has 0 amide bonds. The van der Waals surface area contributed by atoms with Crippen molar-refractivity contribution in [1.29, 1.82) is 0 Å². The van der Waals surface area contributed by atoms with Gasteiger partial charge in [-0.3, -0.25) is 4.79 Å². The lowest BCUT2D eigenvalue weighted by atomic mass is 9.91. The zero-order chi connectivity index (χ0) is 12.3. The van der Waals surface area contributed by atoms with E-state index in [4.69, 9.17) is 4.74 Å². The molecule has 3 nitrogen and oxygen atoms in total. The summed E-state index contributed by atoms with van der Waals surface area (Å²) >= 11 is 3.43. The smallest absolute Gasteiger partial charge is 0.168 e. The Labute approximate surface area is 110 Å². The van der Waals surface area contributed by atoms with Crippen LogP contribution in [0.4, 0.5) is 0 Å². The van der Waals surface area contributed by atoms with Gasteiger partial charge in [0.25, 0.3) is 0 Å². The SMILES string of the molecule is COc1ccc(C(=O)C2CCCNC2)c(Br)c1. The molecule has 1 aliphatic rings. The molecule has 4 heteroatoms. The fourth-order valence-electron chi connectivity index (χ4n) is 2.12. The Morgan fingerprint density at radius 1 is 1.53 bits per heavy atom. The summed E-state index contributed by atoms with van der Waals surface area (Å²) in [6.07, 6.45) is 2.05. The van der Waals surface area contributed by atoms with E-state index in [1.807, 2.05) is 18.2 Å². The molecule has 17 heavy (non-hydrogen) atoms. The van der Waals surface area contributed by atoms with Crippen LogP contribution in [0.5, 0.6) is 5.75 Å². The van der Waals surface area contributed by atoms with E-state index in [1.165, 1.54) is 0 Å². The van der Waals surface area contributed by atoms with Gasteiger partial charge in [-0.15, -0.1) is 0 Å². The van der Waals surface area contributed by atoms with Crippen LogP contribution in [0.3, 0.4) is 0 Å². The molecule has 1 aliphatic heterocycles. The molecular weight excluding hydrogens is 282 g/mol. The van der Waals surface area contributed by atoms with Gasteiger partial charge in [-0.25, -0.2) is 0 Å². The van der Waals surface area contributed by atoms with Gasteiger partial charge < -0.3 is 10.1 Å². The highest BCUT2D eigenvalue weighted by Crippen LogP contribution is 2.26. The van der Waals surface area contributed by atoms with Crippen LogP contribution in [0.25, 0.3) is 0 Å². The number of hydrogen-bond acceptors (Lipinski definition) is 3. The molecule has 0 aliphatic carbocycles. The molecule has 1 aromatic carbocycles. The van der Waals surface area contributed by atoms with Crippen LogP contribution < -0.4 is 10.1 Å². The molecule has 1 fully saturated rings. The monoisotopic (exact) mass is 297 g/mol. The van der Waals surface area contributed by atoms with Crippen molar-refractivity contribution in [3.63, 3.8) is 0 Å². The predicted octanol–water partition coefficient (Wildman–Crippen LogP) is 2.64. The minimum absolute atomic E-state index is 0.105. The summed E-state index contributed by atoms with van der Waals surface area (Å²) in [4.78, 5) is 12.3. The number of benzene rings is 1. The lowest BCUT2D eigenvalue weighted by Crippen LogP contribution is -2.34. The van der Waals surface area contributed by atoms with Gasteiger partial charge in [0.15, 0.2) is 5.78 Å². The summed E-state index contributed by atoms with van der Waals surface area (Å²) in [6, 6.07) is 5.50. The maximum absolute atomic E-state index is 12.3. The standard InChI is InChI=1S/C13H16BrNO2/c1-17-10-4-5-11(12(14)7-10)13(16)9-3-2-6-15-8-9/h4-5,7,9,15H,2-3,6,8H2,1H3. The molecule has 0 bridgehead atoms. The molecule has 0 spiro atoms. The summed E-state index contributed by atoms with van der Waals surface area (Å²) in [5.74, 6) is 1.08. The molecular formula is C13H16BrNO2. The molecule has 1 N–H and O–H groups in total. The third-order valence-corrected chi connectivity index (χ3v) is 3.77. The molecule has 1 heterocycles. The normalized spacial score (nSPS) is 20.0. The molecule has 0 aromatic heterocycles. The number of piperidine rings is 1. The lowest BCUT2D eigenvalue weighted by molar-refractivity contribution is 0.0899. The first-order chi connectivity index (χ1) is 8.22. The van der Waals surface area contributed by atoms with Crippen molar-refractivity contribution in [2.45, 2.75) is 12.8 Å². The summed E-state index contributed by atoms with van der Waals surface area (Å²) in [5, 5.41) is 3.27. The molecule has 92 valence electrons. The summed E-state index contributed by atoms with van der Waals surface area (Å²) < 4.78 is 5.93. The van der Waals surface area contributed by atoms with Crippen molar-refractivity contribution < 1.29 is 9.53 Å². The van der Waals surface area contributed by atoms with E-state index in [0.717, 1.165) is 41.7 Å². The molecule has 1 aromatic rings. The first kappa shape index (κ1) is 12.6. The van der Waals surface area contributed by atoms with Crippen molar-refractivity contribution in [2.75, 3.05) is 20.2 Å². The highest BCUT2D eigenvalue weighted by molar-refractivity contribution is 9.10. The molecule has 1 atom stereocenters. The highest BCUT2D eigenvalue weighted by atomic mass is 79.9. The van der Waals surface area contributed by atoms with Gasteiger partial charge in [0.05, 0.1) is 7.11 Å². The minimum atomic E-state index is 0.105. The Hall–Kier alpha value is -0.870. The Bertz CT molecular complexity index is 414. The number of Topliss-reactive ketones (excluding diaryl/α,β-unsaturated/α-hetero) is 1. The lowest BCUT2D eigenvalue weighted by Gasteiger charge is -2.22. The van der Waals surface area contributed by atoms with Gasteiger partial charge in [0.1, 0.15) is 5.75 Å². The number of halogens is 1. The minimum Gasteiger partial charge on any atom is -0.497 e. The Morgan fingerprint density at radius 3 is 2.94 bits per heavy atom. The van der Waals surface area contributed by atoms with Gasteiger partial charge in [-0.2, -0.15) is 0 Å². The van der Waals surface area contributed by atoms with Crippen molar-refractivity contribution in [3.8, 4) is 5.75 Å². The van der Waals surface area contributed by atoms with Crippen LogP contribution >= 0.6 is 15.9 Å². The predicted molar refractivity (Wildman–Crippen MR) is 70.6 cm³/mol. The second-order valence-corrected chi connectivity index (χ2v) is 5.11. The topological polar surface area (TPSA) is 38.3 Å². The van der Waals surface area contributed by atoms with Gasteiger partial charge in [-0.05, 0) is 53.5 Å². The van der Waals surface area contributed by atoms with Gasteiger partial charge in [0.2, 0.25) is 0 Å². The molecule has 1 saturated heterocycles. The first-order valence-electron chi connectivity index (χ1n) is 5.81. The zero-order valence-electron chi connectivity index (χ0n) is 9.83. The number of ether oxygens (including phenoxy) is 1. The third-order valence-electron chi connectivity index (χ3n) is 3.11. The van der Waals surface area contributed by atoms with E-state index in [1.54, 1.807) is 7.11 Å². The van der Waals surface area contributed by atoms with Crippen molar-refractivity contribution >= 4 is 21.7 Å². The van der Waals surface area contributed by atoms with Crippen LogP contribution in [0, 0.1) is 5.92 Å². The van der Waals surface area contributed by atoms with E-state index in [2.05, 4.69) is 21.2 Å². The Morgan fingerprint density at radius 2 is 2.35 bits per heavy atom. The summed E-state index contributed by atoms with van der Waals surface area (Å²) in [6.45, 7) is 1.81. The van der Waals surface area contributed by atoms with Gasteiger partial charge in [0, 0.05) is 22.5 Å². The van der Waals surface area contributed by atoms with Crippen molar-refractivity contribution in [2.24, 2.45) is 5.92 Å². The average molecular weight is 298 g/mol. The number of rotatable bonds is 3. The van der Waals surface area contributed by atoms with E-state index in [-0.39, 0.29) is 11.7 Å². The van der Waals surface area contributed by atoms with Crippen molar-refractivity contribution in [1.82, 2.24) is 5.32 Å². The fraction of sp³-hybridized carbons (Fsp3) is 0.462. The molecule has 2 rings (SSSR count). The van der Waals surface area contributed by atoms with Crippen molar-refractivity contribution in [3.05, 3.63) is 28.2 Å². The van der Waals surface area contributed by atoms with E-state index in [0.29, 0.717) is 0 Å².